The van der Waals surface area contributed by atoms with E-state index >= 15 is 0 Å². The minimum Gasteiger partial charge on any atom is -0.478 e. The van der Waals surface area contributed by atoms with Crippen LogP contribution in [0.15, 0.2) is 29.6 Å². The first kappa shape index (κ1) is 13.1. The van der Waals surface area contributed by atoms with Gasteiger partial charge in [-0.25, -0.2) is 9.78 Å². The fourth-order valence-electron chi connectivity index (χ4n) is 2.16. The molecule has 0 radical (unpaired) electrons. The highest BCUT2D eigenvalue weighted by Gasteiger charge is 2.15. The Morgan fingerprint density at radius 3 is 2.68 bits per heavy atom. The number of hydrogen-bond acceptors (Lipinski definition) is 3. The van der Waals surface area contributed by atoms with Crippen molar-refractivity contribution in [1.29, 1.82) is 0 Å². The molecule has 0 amide bonds. The van der Waals surface area contributed by atoms with Crippen molar-refractivity contribution in [2.24, 2.45) is 0 Å². The number of aromatic carboxylic acids is 1. The Balaban J connectivity index is 2.37. The summed E-state index contributed by atoms with van der Waals surface area (Å²) >= 11 is 0. The van der Waals surface area contributed by atoms with Crippen LogP contribution in [0.25, 0.3) is 0 Å². The molecule has 6 nitrogen and oxygen atoms in total. The number of carboxylic acids is 1. The van der Waals surface area contributed by atoms with Crippen molar-refractivity contribution in [3.05, 3.63) is 52.0 Å². The zero-order chi connectivity index (χ0) is 14.0. The summed E-state index contributed by atoms with van der Waals surface area (Å²) in [5, 5.41) is 9.18. The Hall–Kier alpha value is -2.37. The normalized spacial score (nSPS) is 10.6. The second-order valence-corrected chi connectivity index (χ2v) is 4.38. The molecule has 0 spiro atoms. The van der Waals surface area contributed by atoms with Crippen LogP contribution in [0.3, 0.4) is 0 Å². The van der Waals surface area contributed by atoms with Crippen LogP contribution in [0.2, 0.25) is 0 Å². The van der Waals surface area contributed by atoms with Crippen molar-refractivity contribution in [2.75, 3.05) is 0 Å². The molecule has 2 rings (SSSR count). The predicted molar refractivity (Wildman–Crippen MR) is 69.4 cm³/mol. The van der Waals surface area contributed by atoms with E-state index in [1.54, 1.807) is 32.6 Å². The van der Waals surface area contributed by atoms with Gasteiger partial charge in [-0.15, -0.1) is 0 Å². The predicted octanol–water partition coefficient (Wildman–Crippen LogP) is 1.06. The summed E-state index contributed by atoms with van der Waals surface area (Å²) in [4.78, 5) is 27.1. The first-order valence-corrected chi connectivity index (χ1v) is 5.91. The Labute approximate surface area is 109 Å². The molecule has 0 saturated heterocycles. The number of aromatic nitrogens is 3. The fourth-order valence-corrected chi connectivity index (χ4v) is 2.16. The van der Waals surface area contributed by atoms with Crippen LogP contribution >= 0.6 is 0 Å². The Kier molecular flexibility index (Phi) is 3.50. The summed E-state index contributed by atoms with van der Waals surface area (Å²) < 4.78 is 3.32. The molecular weight excluding hydrogens is 246 g/mol. The molecule has 0 bridgehead atoms. The smallest absolute Gasteiger partial charge is 0.337 e. The summed E-state index contributed by atoms with van der Waals surface area (Å²) in [5.41, 5.74) is 0.997. The summed E-state index contributed by atoms with van der Waals surface area (Å²) in [6, 6.07) is 1.37. The van der Waals surface area contributed by atoms with Crippen LogP contribution in [-0.4, -0.2) is 25.2 Å². The molecule has 0 aliphatic carbocycles. The molecule has 0 saturated carbocycles. The van der Waals surface area contributed by atoms with Crippen molar-refractivity contribution in [3.8, 4) is 0 Å². The van der Waals surface area contributed by atoms with Gasteiger partial charge in [0, 0.05) is 37.2 Å². The lowest BCUT2D eigenvalue weighted by molar-refractivity contribution is 0.0694. The third-order valence-corrected chi connectivity index (χ3v) is 3.12. The molecule has 1 N–H and O–H groups in total. The van der Waals surface area contributed by atoms with Gasteiger partial charge in [0.1, 0.15) is 0 Å². The van der Waals surface area contributed by atoms with Crippen LogP contribution in [-0.2, 0) is 13.1 Å². The maximum atomic E-state index is 11.9. The third-order valence-electron chi connectivity index (χ3n) is 3.12. The van der Waals surface area contributed by atoms with Crippen LogP contribution in [0.1, 0.15) is 21.6 Å². The van der Waals surface area contributed by atoms with Gasteiger partial charge in [0.05, 0.1) is 11.9 Å². The van der Waals surface area contributed by atoms with Crippen LogP contribution in [0.4, 0.5) is 0 Å². The second-order valence-electron chi connectivity index (χ2n) is 4.38. The molecular formula is C13H15N3O3. The molecule has 2 heterocycles. The second kappa shape index (κ2) is 5.09. The van der Waals surface area contributed by atoms with Gasteiger partial charge in [-0.3, -0.25) is 4.79 Å². The molecule has 0 atom stereocenters. The summed E-state index contributed by atoms with van der Waals surface area (Å²) in [6.07, 6.45) is 5.12. The SMILES string of the molecule is Cc1cc(=O)n(CCn2ccnc2)c(C)c1C(=O)O. The van der Waals surface area contributed by atoms with Crippen molar-refractivity contribution < 1.29 is 9.90 Å². The number of imidazole rings is 1. The summed E-state index contributed by atoms with van der Waals surface area (Å²) in [6.45, 7) is 4.29. The van der Waals surface area contributed by atoms with Gasteiger partial charge in [-0.2, -0.15) is 0 Å². The monoisotopic (exact) mass is 261 g/mol. The molecule has 0 aromatic carbocycles. The van der Waals surface area contributed by atoms with Gasteiger partial charge in [0.25, 0.3) is 5.56 Å². The van der Waals surface area contributed by atoms with Gasteiger partial charge in [-0.05, 0) is 19.4 Å². The maximum Gasteiger partial charge on any atom is 0.337 e. The highest BCUT2D eigenvalue weighted by atomic mass is 16.4. The number of aryl methyl sites for hydroxylation is 2. The van der Waals surface area contributed by atoms with Crippen molar-refractivity contribution in [3.63, 3.8) is 0 Å². The summed E-state index contributed by atoms with van der Waals surface area (Å²) in [7, 11) is 0. The minimum absolute atomic E-state index is 0.180. The molecule has 100 valence electrons. The van der Waals surface area contributed by atoms with E-state index in [2.05, 4.69) is 4.98 Å². The van der Waals surface area contributed by atoms with E-state index in [4.69, 9.17) is 0 Å². The average Bonchev–Trinajstić information content (AvgIpc) is 2.80. The fraction of sp³-hybridized carbons (Fsp3) is 0.308. The highest BCUT2D eigenvalue weighted by molar-refractivity contribution is 5.90. The van der Waals surface area contributed by atoms with Crippen LogP contribution in [0, 0.1) is 13.8 Å². The van der Waals surface area contributed by atoms with Gasteiger partial charge < -0.3 is 14.2 Å². The minimum atomic E-state index is -1.01. The molecule has 0 aliphatic heterocycles. The topological polar surface area (TPSA) is 77.1 Å². The lowest BCUT2D eigenvalue weighted by atomic mass is 10.1. The van der Waals surface area contributed by atoms with E-state index in [1.165, 1.54) is 10.6 Å². The van der Waals surface area contributed by atoms with E-state index < -0.39 is 5.97 Å². The molecule has 19 heavy (non-hydrogen) atoms. The first-order chi connectivity index (χ1) is 9.00. The van der Waals surface area contributed by atoms with Gasteiger partial charge in [0.2, 0.25) is 0 Å². The summed E-state index contributed by atoms with van der Waals surface area (Å²) in [5.74, 6) is -1.01. The number of hydrogen-bond donors (Lipinski definition) is 1. The molecule has 0 fully saturated rings. The largest absolute Gasteiger partial charge is 0.478 e. The van der Waals surface area contributed by atoms with Crippen molar-refractivity contribution >= 4 is 5.97 Å². The first-order valence-electron chi connectivity index (χ1n) is 5.91. The van der Waals surface area contributed by atoms with Gasteiger partial charge in [0.15, 0.2) is 0 Å². The highest BCUT2D eigenvalue weighted by Crippen LogP contribution is 2.11. The lowest BCUT2D eigenvalue weighted by Crippen LogP contribution is -2.27. The van der Waals surface area contributed by atoms with E-state index in [-0.39, 0.29) is 11.1 Å². The van der Waals surface area contributed by atoms with E-state index in [1.807, 2.05) is 4.57 Å². The molecule has 2 aromatic rings. The number of carbonyl (C=O) groups is 1. The Morgan fingerprint density at radius 2 is 2.11 bits per heavy atom. The number of carboxylic acid groups (broad SMARTS) is 1. The molecule has 2 aromatic heterocycles. The average molecular weight is 261 g/mol. The maximum absolute atomic E-state index is 11.9. The number of rotatable bonds is 4. The zero-order valence-corrected chi connectivity index (χ0v) is 10.8. The molecule has 0 aliphatic rings. The van der Waals surface area contributed by atoms with Crippen LogP contribution < -0.4 is 5.56 Å². The Bertz CT molecular complexity index is 657. The van der Waals surface area contributed by atoms with Crippen molar-refractivity contribution in [2.45, 2.75) is 26.9 Å². The third kappa shape index (κ3) is 2.57. The Morgan fingerprint density at radius 1 is 1.37 bits per heavy atom. The molecule has 6 heteroatoms. The van der Waals surface area contributed by atoms with Gasteiger partial charge in [-0.1, -0.05) is 0 Å². The van der Waals surface area contributed by atoms with E-state index in [9.17, 15) is 14.7 Å². The number of nitrogens with zero attached hydrogens (tertiary/aromatic N) is 3. The van der Waals surface area contributed by atoms with Crippen molar-refractivity contribution in [1.82, 2.24) is 14.1 Å². The quantitative estimate of drug-likeness (QED) is 0.892. The molecule has 0 unspecified atom stereocenters. The van der Waals surface area contributed by atoms with Gasteiger partial charge >= 0.3 is 5.97 Å². The standard InChI is InChI=1S/C13H15N3O3/c1-9-7-11(17)16(10(2)12(9)13(18)19)6-5-15-4-3-14-8-15/h3-4,7-8H,5-6H2,1-2H3,(H,18,19). The van der Waals surface area contributed by atoms with Crippen LogP contribution in [0.5, 0.6) is 0 Å². The number of pyridine rings is 1. The lowest BCUT2D eigenvalue weighted by Gasteiger charge is -2.14. The van der Waals surface area contributed by atoms with E-state index in [0.717, 1.165) is 0 Å². The zero-order valence-electron chi connectivity index (χ0n) is 10.8. The van der Waals surface area contributed by atoms with E-state index in [0.29, 0.717) is 24.3 Å².